The third-order valence-corrected chi connectivity index (χ3v) is 2.92. The Kier molecular flexibility index (Phi) is 4.37. The van der Waals surface area contributed by atoms with Gasteiger partial charge in [-0.25, -0.2) is 4.68 Å². The fourth-order valence-electron chi connectivity index (χ4n) is 1.61. The molecule has 0 saturated carbocycles. The van der Waals surface area contributed by atoms with Gasteiger partial charge in [-0.3, -0.25) is 9.59 Å². The second-order valence-corrected chi connectivity index (χ2v) is 4.53. The van der Waals surface area contributed by atoms with Gasteiger partial charge in [-0.1, -0.05) is 11.6 Å². The molecule has 0 atom stereocenters. The first-order valence-corrected chi connectivity index (χ1v) is 6.31. The maximum absolute atomic E-state index is 11.8. The topological polar surface area (TPSA) is 90.0 Å². The molecule has 0 spiro atoms. The molecule has 7 heteroatoms. The largest absolute Gasteiger partial charge is 0.399 e. The van der Waals surface area contributed by atoms with Crippen LogP contribution in [0.1, 0.15) is 6.42 Å². The number of aryl methyl sites for hydroxylation is 1. The number of nitrogens with two attached hydrogens (primary N) is 1. The minimum absolute atomic E-state index is 0.123. The Labute approximate surface area is 120 Å². The van der Waals surface area contributed by atoms with Gasteiger partial charge in [0.25, 0.3) is 5.56 Å². The summed E-state index contributed by atoms with van der Waals surface area (Å²) < 4.78 is 1.23. The number of benzene rings is 1. The highest BCUT2D eigenvalue weighted by Gasteiger charge is 2.07. The highest BCUT2D eigenvalue weighted by Crippen LogP contribution is 2.24. The van der Waals surface area contributed by atoms with Crippen LogP contribution in [0.5, 0.6) is 0 Å². The first-order chi connectivity index (χ1) is 9.56. The maximum Gasteiger partial charge on any atom is 0.266 e. The third kappa shape index (κ3) is 3.58. The molecule has 1 aromatic heterocycles. The number of aromatic nitrogens is 2. The molecular weight excluding hydrogens is 280 g/mol. The van der Waals surface area contributed by atoms with Crippen molar-refractivity contribution in [1.82, 2.24) is 9.78 Å². The summed E-state index contributed by atoms with van der Waals surface area (Å²) in [6.45, 7) is 0.206. The van der Waals surface area contributed by atoms with E-state index in [1.165, 1.54) is 16.9 Å². The van der Waals surface area contributed by atoms with Gasteiger partial charge in [0, 0.05) is 24.4 Å². The Morgan fingerprint density at radius 2 is 2.20 bits per heavy atom. The number of carbonyl (C=O) groups is 1. The number of halogens is 1. The highest BCUT2D eigenvalue weighted by molar-refractivity contribution is 6.34. The Morgan fingerprint density at radius 3 is 2.90 bits per heavy atom. The summed E-state index contributed by atoms with van der Waals surface area (Å²) in [6, 6.07) is 7.77. The van der Waals surface area contributed by atoms with Crippen molar-refractivity contribution in [3.05, 3.63) is 51.9 Å². The van der Waals surface area contributed by atoms with E-state index in [1.807, 2.05) is 0 Å². The molecule has 20 heavy (non-hydrogen) atoms. The molecule has 0 saturated heterocycles. The van der Waals surface area contributed by atoms with Crippen LogP contribution in [0.25, 0.3) is 0 Å². The molecule has 3 N–H and O–H groups in total. The quantitative estimate of drug-likeness (QED) is 0.836. The number of nitrogens with zero attached hydrogens (tertiary/aromatic N) is 2. The van der Waals surface area contributed by atoms with Gasteiger partial charge in [0.1, 0.15) is 0 Å². The summed E-state index contributed by atoms with van der Waals surface area (Å²) in [5.41, 5.74) is 6.33. The smallest absolute Gasteiger partial charge is 0.266 e. The Balaban J connectivity index is 1.96. The highest BCUT2D eigenvalue weighted by atomic mass is 35.5. The fraction of sp³-hybridized carbons (Fsp3) is 0.154. The summed E-state index contributed by atoms with van der Waals surface area (Å²) in [6.07, 6.45) is 1.62. The Morgan fingerprint density at radius 1 is 1.40 bits per heavy atom. The van der Waals surface area contributed by atoms with Crippen molar-refractivity contribution >= 4 is 28.9 Å². The van der Waals surface area contributed by atoms with Gasteiger partial charge in [-0.05, 0) is 24.3 Å². The van der Waals surface area contributed by atoms with E-state index in [2.05, 4.69) is 10.4 Å². The lowest BCUT2D eigenvalue weighted by Gasteiger charge is -2.08. The molecule has 1 aromatic carbocycles. The lowest BCUT2D eigenvalue weighted by atomic mass is 10.2. The van der Waals surface area contributed by atoms with E-state index in [-0.39, 0.29) is 24.4 Å². The van der Waals surface area contributed by atoms with Gasteiger partial charge in [-0.2, -0.15) is 5.10 Å². The van der Waals surface area contributed by atoms with Crippen LogP contribution in [0.3, 0.4) is 0 Å². The summed E-state index contributed by atoms with van der Waals surface area (Å²) in [5, 5.41) is 6.89. The fourth-order valence-corrected chi connectivity index (χ4v) is 1.84. The molecule has 1 heterocycles. The van der Waals surface area contributed by atoms with E-state index >= 15 is 0 Å². The predicted molar refractivity (Wildman–Crippen MR) is 77.6 cm³/mol. The van der Waals surface area contributed by atoms with Crippen molar-refractivity contribution < 1.29 is 4.79 Å². The van der Waals surface area contributed by atoms with Crippen LogP contribution in [0.4, 0.5) is 11.4 Å². The van der Waals surface area contributed by atoms with Gasteiger partial charge < -0.3 is 11.1 Å². The van der Waals surface area contributed by atoms with Crippen molar-refractivity contribution in [2.24, 2.45) is 0 Å². The molecule has 6 nitrogen and oxygen atoms in total. The van der Waals surface area contributed by atoms with Crippen LogP contribution in [-0.2, 0) is 11.3 Å². The second kappa shape index (κ2) is 6.21. The van der Waals surface area contributed by atoms with Crippen LogP contribution in [0.2, 0.25) is 5.02 Å². The molecule has 0 unspecified atom stereocenters. The van der Waals surface area contributed by atoms with Gasteiger partial charge in [0.05, 0.1) is 17.3 Å². The normalized spacial score (nSPS) is 10.2. The standard InChI is InChI=1S/C13H13ClN4O2/c14-10-8-9(15)3-4-11(10)17-12(19)5-7-18-13(20)2-1-6-16-18/h1-4,6,8H,5,7,15H2,(H,17,19). The minimum atomic E-state index is -0.255. The molecule has 2 rings (SSSR count). The van der Waals surface area contributed by atoms with E-state index in [1.54, 1.807) is 24.3 Å². The summed E-state index contributed by atoms with van der Waals surface area (Å²) in [7, 11) is 0. The van der Waals surface area contributed by atoms with E-state index < -0.39 is 0 Å². The molecule has 2 aromatic rings. The maximum atomic E-state index is 11.8. The predicted octanol–water partition coefficient (Wildman–Crippen LogP) is 1.51. The Hall–Kier alpha value is -2.34. The molecule has 0 fully saturated rings. The second-order valence-electron chi connectivity index (χ2n) is 4.12. The molecule has 0 bridgehead atoms. The summed E-state index contributed by atoms with van der Waals surface area (Å²) in [5.74, 6) is -0.255. The van der Waals surface area contributed by atoms with Gasteiger partial charge in [0.15, 0.2) is 0 Å². The van der Waals surface area contributed by atoms with Gasteiger partial charge >= 0.3 is 0 Å². The van der Waals surface area contributed by atoms with Crippen LogP contribution in [0, 0.1) is 0 Å². The first-order valence-electron chi connectivity index (χ1n) is 5.93. The number of hydrogen-bond donors (Lipinski definition) is 2. The summed E-state index contributed by atoms with van der Waals surface area (Å²) >= 11 is 5.95. The van der Waals surface area contributed by atoms with E-state index in [9.17, 15) is 9.59 Å². The van der Waals surface area contributed by atoms with E-state index in [0.717, 1.165) is 0 Å². The van der Waals surface area contributed by atoms with Crippen LogP contribution in [0.15, 0.2) is 41.3 Å². The monoisotopic (exact) mass is 292 g/mol. The van der Waals surface area contributed by atoms with Crippen LogP contribution in [-0.4, -0.2) is 15.7 Å². The van der Waals surface area contributed by atoms with E-state index in [0.29, 0.717) is 16.4 Å². The van der Waals surface area contributed by atoms with Crippen LogP contribution < -0.4 is 16.6 Å². The van der Waals surface area contributed by atoms with Crippen molar-refractivity contribution in [1.29, 1.82) is 0 Å². The lowest BCUT2D eigenvalue weighted by Crippen LogP contribution is -2.24. The van der Waals surface area contributed by atoms with Crippen molar-refractivity contribution in [2.75, 3.05) is 11.1 Å². The molecule has 1 amide bonds. The zero-order chi connectivity index (χ0) is 14.5. The molecule has 0 aliphatic carbocycles. The van der Waals surface area contributed by atoms with Crippen molar-refractivity contribution in [3.8, 4) is 0 Å². The molecule has 104 valence electrons. The number of hydrogen-bond acceptors (Lipinski definition) is 4. The Bertz CT molecular complexity index is 684. The zero-order valence-corrected chi connectivity index (χ0v) is 11.3. The minimum Gasteiger partial charge on any atom is -0.399 e. The average Bonchev–Trinajstić information content (AvgIpc) is 2.41. The first kappa shape index (κ1) is 14.1. The van der Waals surface area contributed by atoms with Crippen molar-refractivity contribution in [2.45, 2.75) is 13.0 Å². The molecular formula is C13H13ClN4O2. The number of nitrogen functional groups attached to an aromatic ring is 1. The molecule has 0 aliphatic heterocycles. The summed E-state index contributed by atoms with van der Waals surface area (Å²) in [4.78, 5) is 23.2. The molecule has 0 radical (unpaired) electrons. The van der Waals surface area contributed by atoms with Gasteiger partial charge in [-0.15, -0.1) is 0 Å². The number of carbonyl (C=O) groups excluding carboxylic acids is 1. The average molecular weight is 293 g/mol. The van der Waals surface area contributed by atoms with Crippen molar-refractivity contribution in [3.63, 3.8) is 0 Å². The molecule has 0 aliphatic rings. The third-order valence-electron chi connectivity index (χ3n) is 2.60. The lowest BCUT2D eigenvalue weighted by molar-refractivity contribution is -0.116. The number of anilines is 2. The zero-order valence-electron chi connectivity index (χ0n) is 10.5. The van der Waals surface area contributed by atoms with Crippen LogP contribution >= 0.6 is 11.6 Å². The van der Waals surface area contributed by atoms with Gasteiger partial charge in [0.2, 0.25) is 5.91 Å². The number of amides is 1. The number of nitrogens with one attached hydrogen (secondary N) is 1. The van der Waals surface area contributed by atoms with E-state index in [4.69, 9.17) is 17.3 Å². The SMILES string of the molecule is Nc1ccc(NC(=O)CCn2ncccc2=O)c(Cl)c1. The number of rotatable bonds is 4.